The standard InChI is InChI=1S/C16H19NO3S/c1-2-20-11-5-6-12-13(9-11)21-14(17-12)10-16(15(18)19)7-3-4-8-16/h5-6,9H,2-4,7-8,10H2,1H3,(H,18,19). The number of rotatable bonds is 5. The predicted molar refractivity (Wildman–Crippen MR) is 83.0 cm³/mol. The fourth-order valence-corrected chi connectivity index (χ4v) is 4.23. The molecule has 3 rings (SSSR count). The number of aromatic nitrogens is 1. The molecule has 5 heteroatoms. The highest BCUT2D eigenvalue weighted by Crippen LogP contribution is 2.42. The van der Waals surface area contributed by atoms with E-state index in [9.17, 15) is 9.90 Å². The van der Waals surface area contributed by atoms with E-state index >= 15 is 0 Å². The van der Waals surface area contributed by atoms with Gasteiger partial charge in [-0.1, -0.05) is 12.8 Å². The smallest absolute Gasteiger partial charge is 0.310 e. The first-order chi connectivity index (χ1) is 10.1. The second kappa shape index (κ2) is 5.64. The van der Waals surface area contributed by atoms with Crippen molar-refractivity contribution >= 4 is 27.5 Å². The maximum atomic E-state index is 11.6. The molecule has 1 aliphatic carbocycles. The Balaban J connectivity index is 1.88. The van der Waals surface area contributed by atoms with Crippen molar-refractivity contribution in [2.45, 2.75) is 39.0 Å². The molecule has 21 heavy (non-hydrogen) atoms. The lowest BCUT2D eigenvalue weighted by Crippen LogP contribution is -2.30. The van der Waals surface area contributed by atoms with E-state index in [4.69, 9.17) is 4.74 Å². The summed E-state index contributed by atoms with van der Waals surface area (Å²) in [6.07, 6.45) is 4.09. The maximum Gasteiger partial charge on any atom is 0.310 e. The van der Waals surface area contributed by atoms with Gasteiger partial charge in [0.25, 0.3) is 0 Å². The molecule has 112 valence electrons. The zero-order valence-corrected chi connectivity index (χ0v) is 12.9. The van der Waals surface area contributed by atoms with Gasteiger partial charge >= 0.3 is 5.97 Å². The summed E-state index contributed by atoms with van der Waals surface area (Å²) in [7, 11) is 0. The van der Waals surface area contributed by atoms with Crippen LogP contribution < -0.4 is 4.74 Å². The number of carbonyl (C=O) groups is 1. The zero-order chi connectivity index (χ0) is 14.9. The minimum atomic E-state index is -0.672. The third-order valence-corrected chi connectivity index (χ3v) is 5.24. The van der Waals surface area contributed by atoms with E-state index in [1.807, 2.05) is 25.1 Å². The van der Waals surface area contributed by atoms with Gasteiger partial charge in [-0.25, -0.2) is 4.98 Å². The zero-order valence-electron chi connectivity index (χ0n) is 12.1. The van der Waals surface area contributed by atoms with Gasteiger partial charge in [-0.3, -0.25) is 4.79 Å². The van der Waals surface area contributed by atoms with Gasteiger partial charge in [0.05, 0.1) is 27.2 Å². The Kier molecular flexibility index (Phi) is 3.85. The van der Waals surface area contributed by atoms with Gasteiger partial charge in [0.1, 0.15) is 5.75 Å². The number of hydrogen-bond donors (Lipinski definition) is 1. The molecule has 1 saturated carbocycles. The molecule has 2 aromatic rings. The summed E-state index contributed by atoms with van der Waals surface area (Å²) in [6.45, 7) is 2.60. The number of carboxylic acid groups (broad SMARTS) is 1. The molecule has 1 aromatic heterocycles. The third kappa shape index (κ3) is 2.75. The molecular formula is C16H19NO3S. The maximum absolute atomic E-state index is 11.6. The summed E-state index contributed by atoms with van der Waals surface area (Å²) >= 11 is 1.59. The van der Waals surface area contributed by atoms with E-state index in [-0.39, 0.29) is 0 Å². The molecule has 4 nitrogen and oxygen atoms in total. The van der Waals surface area contributed by atoms with E-state index in [1.165, 1.54) is 0 Å². The summed E-state index contributed by atoms with van der Waals surface area (Å²) in [4.78, 5) is 16.2. The van der Waals surface area contributed by atoms with Crippen molar-refractivity contribution in [3.05, 3.63) is 23.2 Å². The second-order valence-electron chi connectivity index (χ2n) is 5.64. The van der Waals surface area contributed by atoms with Crippen molar-refractivity contribution in [2.24, 2.45) is 5.41 Å². The normalized spacial score (nSPS) is 17.2. The summed E-state index contributed by atoms with van der Waals surface area (Å²) in [5, 5.41) is 10.5. The van der Waals surface area contributed by atoms with Gasteiger partial charge in [0.2, 0.25) is 0 Å². The topological polar surface area (TPSA) is 59.4 Å². The van der Waals surface area contributed by atoms with Gasteiger partial charge in [0.15, 0.2) is 0 Å². The number of aliphatic carboxylic acids is 1. The first kappa shape index (κ1) is 14.3. The molecule has 0 aliphatic heterocycles. The number of benzene rings is 1. The number of thiazole rings is 1. The fraction of sp³-hybridized carbons (Fsp3) is 0.500. The van der Waals surface area contributed by atoms with E-state index in [0.29, 0.717) is 13.0 Å². The van der Waals surface area contributed by atoms with Crippen LogP contribution in [0.2, 0.25) is 0 Å². The Morgan fingerprint density at radius 1 is 1.43 bits per heavy atom. The molecular weight excluding hydrogens is 286 g/mol. The molecule has 0 unspecified atom stereocenters. The molecule has 1 aromatic carbocycles. The predicted octanol–water partition coefficient (Wildman–Crippen LogP) is 3.88. The van der Waals surface area contributed by atoms with Crippen molar-refractivity contribution in [1.29, 1.82) is 0 Å². The number of fused-ring (bicyclic) bond motifs is 1. The van der Waals surface area contributed by atoms with E-state index in [1.54, 1.807) is 11.3 Å². The van der Waals surface area contributed by atoms with Crippen LogP contribution in [0, 0.1) is 5.41 Å². The molecule has 1 heterocycles. The summed E-state index contributed by atoms with van der Waals surface area (Å²) in [6, 6.07) is 5.85. The van der Waals surface area contributed by atoms with Crippen molar-refractivity contribution < 1.29 is 14.6 Å². The van der Waals surface area contributed by atoms with Crippen LogP contribution in [-0.4, -0.2) is 22.7 Å². The van der Waals surface area contributed by atoms with Crippen LogP contribution >= 0.6 is 11.3 Å². The van der Waals surface area contributed by atoms with Crippen LogP contribution in [0.15, 0.2) is 18.2 Å². The minimum Gasteiger partial charge on any atom is -0.494 e. The fourth-order valence-electron chi connectivity index (χ4n) is 3.09. The first-order valence-electron chi connectivity index (χ1n) is 7.39. The highest BCUT2D eigenvalue weighted by atomic mass is 32.1. The van der Waals surface area contributed by atoms with Gasteiger partial charge in [0, 0.05) is 6.42 Å². The van der Waals surface area contributed by atoms with Crippen LogP contribution in [0.3, 0.4) is 0 Å². The third-order valence-electron chi connectivity index (χ3n) is 4.22. The van der Waals surface area contributed by atoms with Gasteiger partial charge in [-0.2, -0.15) is 0 Å². The van der Waals surface area contributed by atoms with Crippen molar-refractivity contribution in [3.8, 4) is 5.75 Å². The van der Waals surface area contributed by atoms with Gasteiger partial charge in [-0.15, -0.1) is 11.3 Å². The average molecular weight is 305 g/mol. The SMILES string of the molecule is CCOc1ccc2nc(CC3(C(=O)O)CCCC3)sc2c1. The van der Waals surface area contributed by atoms with E-state index in [0.717, 1.165) is 46.7 Å². The van der Waals surface area contributed by atoms with Gasteiger partial charge in [-0.05, 0) is 38.0 Å². The molecule has 0 atom stereocenters. The largest absolute Gasteiger partial charge is 0.494 e. The lowest BCUT2D eigenvalue weighted by molar-refractivity contribution is -0.148. The second-order valence-corrected chi connectivity index (χ2v) is 6.75. The number of nitrogens with zero attached hydrogens (tertiary/aromatic N) is 1. The summed E-state index contributed by atoms with van der Waals surface area (Å²) in [5.74, 6) is 0.170. The van der Waals surface area contributed by atoms with Crippen molar-refractivity contribution in [3.63, 3.8) is 0 Å². The van der Waals surface area contributed by atoms with Crippen LogP contribution in [0.5, 0.6) is 5.75 Å². The molecule has 1 fully saturated rings. The number of hydrogen-bond acceptors (Lipinski definition) is 4. The number of ether oxygens (including phenoxy) is 1. The Bertz CT molecular complexity index is 659. The average Bonchev–Trinajstić information content (AvgIpc) is 3.06. The molecule has 0 radical (unpaired) electrons. The van der Waals surface area contributed by atoms with Crippen molar-refractivity contribution in [2.75, 3.05) is 6.61 Å². The van der Waals surface area contributed by atoms with Crippen molar-refractivity contribution in [1.82, 2.24) is 4.98 Å². The quantitative estimate of drug-likeness (QED) is 0.910. The summed E-state index contributed by atoms with van der Waals surface area (Å²) < 4.78 is 6.56. The lowest BCUT2D eigenvalue weighted by Gasteiger charge is -2.21. The van der Waals surface area contributed by atoms with Gasteiger partial charge < -0.3 is 9.84 Å². The Morgan fingerprint density at radius 3 is 2.86 bits per heavy atom. The Labute approximate surface area is 127 Å². The highest BCUT2D eigenvalue weighted by molar-refractivity contribution is 7.18. The molecule has 0 amide bonds. The minimum absolute atomic E-state index is 0.547. The Morgan fingerprint density at radius 2 is 2.19 bits per heavy atom. The van der Waals surface area contributed by atoms with E-state index in [2.05, 4.69) is 4.98 Å². The first-order valence-corrected chi connectivity index (χ1v) is 8.20. The highest BCUT2D eigenvalue weighted by Gasteiger charge is 2.42. The summed E-state index contributed by atoms with van der Waals surface area (Å²) in [5.41, 5.74) is 0.327. The molecule has 0 saturated heterocycles. The van der Waals surface area contributed by atoms with E-state index < -0.39 is 11.4 Å². The monoisotopic (exact) mass is 305 g/mol. The number of carboxylic acids is 1. The van der Waals surface area contributed by atoms with Crippen LogP contribution in [-0.2, 0) is 11.2 Å². The van der Waals surface area contributed by atoms with Crippen LogP contribution in [0.4, 0.5) is 0 Å². The molecule has 0 bridgehead atoms. The van der Waals surface area contributed by atoms with Crippen LogP contribution in [0.25, 0.3) is 10.2 Å². The molecule has 1 aliphatic rings. The lowest BCUT2D eigenvalue weighted by atomic mass is 9.83. The molecule has 0 spiro atoms. The molecule has 1 N–H and O–H groups in total. The van der Waals surface area contributed by atoms with Crippen LogP contribution in [0.1, 0.15) is 37.6 Å². The Hall–Kier alpha value is -1.62.